The summed E-state index contributed by atoms with van der Waals surface area (Å²) in [4.78, 5) is 14.4. The highest BCUT2D eigenvalue weighted by Crippen LogP contribution is 2.42. The zero-order valence-electron chi connectivity index (χ0n) is 21.6. The number of allylic oxidation sites excluding steroid dienone is 6. The minimum absolute atomic E-state index is 0.0362. The molecule has 0 spiro atoms. The molecule has 2 aromatic carbocycles. The van der Waals surface area contributed by atoms with Gasteiger partial charge < -0.3 is 10.7 Å². The van der Waals surface area contributed by atoms with Crippen LogP contribution in [0, 0.1) is 5.41 Å². The first-order chi connectivity index (χ1) is 17.5. The number of carbonyl (C=O) groups is 1. The number of aryl methyl sites for hydroxylation is 1. The summed E-state index contributed by atoms with van der Waals surface area (Å²) in [6, 6.07) is 19.2. The Hall–Kier alpha value is -3.11. The predicted octanol–water partition coefficient (Wildman–Crippen LogP) is 7.67. The highest BCUT2D eigenvalue weighted by atomic mass is 32.2. The highest BCUT2D eigenvalue weighted by molar-refractivity contribution is 8.02. The van der Waals surface area contributed by atoms with Gasteiger partial charge in [-0.15, -0.1) is 11.8 Å². The maximum absolute atomic E-state index is 13.3. The van der Waals surface area contributed by atoms with E-state index in [-0.39, 0.29) is 11.8 Å². The molecule has 0 heterocycles. The molecule has 0 aliphatic heterocycles. The van der Waals surface area contributed by atoms with Crippen LogP contribution in [0.1, 0.15) is 62.6 Å². The second kappa shape index (κ2) is 12.2. The van der Waals surface area contributed by atoms with Crippen LogP contribution in [0.15, 0.2) is 100 Å². The molecule has 186 valence electrons. The van der Waals surface area contributed by atoms with E-state index in [9.17, 15) is 4.79 Å². The maximum atomic E-state index is 13.3. The molecule has 2 aliphatic carbocycles. The Morgan fingerprint density at radius 1 is 1.03 bits per heavy atom. The summed E-state index contributed by atoms with van der Waals surface area (Å²) < 4.78 is 0. The van der Waals surface area contributed by atoms with E-state index in [1.807, 2.05) is 19.1 Å². The summed E-state index contributed by atoms with van der Waals surface area (Å²) in [7, 11) is 0. The Balaban J connectivity index is 1.62. The zero-order chi connectivity index (χ0) is 25.5. The molecule has 0 radical (unpaired) electrons. The van der Waals surface area contributed by atoms with Gasteiger partial charge in [0.1, 0.15) is 0 Å². The van der Waals surface area contributed by atoms with Crippen LogP contribution in [0.3, 0.4) is 0 Å². The van der Waals surface area contributed by atoms with Crippen LogP contribution in [-0.4, -0.2) is 18.2 Å². The van der Waals surface area contributed by atoms with Crippen LogP contribution < -0.4 is 5.32 Å². The summed E-state index contributed by atoms with van der Waals surface area (Å²) in [5.74, 6) is 1.02. The smallest absolute Gasteiger partial charge is 0.247 e. The van der Waals surface area contributed by atoms with Crippen LogP contribution in [0.25, 0.3) is 0 Å². The van der Waals surface area contributed by atoms with Gasteiger partial charge in [0.2, 0.25) is 5.91 Å². The Labute approximate surface area is 220 Å². The fourth-order valence-electron chi connectivity index (χ4n) is 4.90. The number of nitrogens with one attached hydrogen (secondary N) is 2. The number of benzene rings is 2. The fourth-order valence-corrected chi connectivity index (χ4v) is 5.87. The van der Waals surface area contributed by atoms with Gasteiger partial charge in [0, 0.05) is 29.2 Å². The zero-order valence-corrected chi connectivity index (χ0v) is 22.4. The van der Waals surface area contributed by atoms with Crippen LogP contribution in [0.4, 0.5) is 0 Å². The number of hydrogen-bond donors (Lipinski definition) is 2. The predicted molar refractivity (Wildman–Crippen MR) is 154 cm³/mol. The van der Waals surface area contributed by atoms with E-state index in [4.69, 9.17) is 5.41 Å². The van der Waals surface area contributed by atoms with Crippen molar-refractivity contribution in [1.29, 1.82) is 5.41 Å². The molecule has 4 heteroatoms. The van der Waals surface area contributed by atoms with E-state index >= 15 is 0 Å². The van der Waals surface area contributed by atoms with Gasteiger partial charge in [0.05, 0.1) is 0 Å². The Morgan fingerprint density at radius 2 is 1.78 bits per heavy atom. The van der Waals surface area contributed by atoms with Gasteiger partial charge in [-0.25, -0.2) is 0 Å². The number of hydrogen-bond acceptors (Lipinski definition) is 3. The summed E-state index contributed by atoms with van der Waals surface area (Å²) in [5.41, 5.74) is 8.40. The molecule has 1 saturated carbocycles. The standard InChI is InChI=1S/C32H36N2OS/c1-4-24-14-16-27(17-15-24)28-18-29(22(2)32(35)34-20-25-10-8-9-11-25)31(30(33)19-28)23(3)36-21-26-12-6-5-7-13-26/h5-10,12-17,28,33H,4,11,18-21H2,1-3H3,(H,34,35)/b29-22+,31-23-,33-30?. The Kier molecular flexibility index (Phi) is 8.82. The lowest BCUT2D eigenvalue weighted by molar-refractivity contribution is -0.117. The molecule has 1 amide bonds. The molecule has 3 nitrogen and oxygen atoms in total. The molecular weight excluding hydrogens is 460 g/mol. The second-order valence-corrected chi connectivity index (χ2v) is 10.8. The molecule has 36 heavy (non-hydrogen) atoms. The van der Waals surface area contributed by atoms with Gasteiger partial charge >= 0.3 is 0 Å². The van der Waals surface area contributed by atoms with Crippen molar-refractivity contribution in [1.82, 2.24) is 5.32 Å². The molecule has 2 aliphatic rings. The average Bonchev–Trinajstić information content (AvgIpc) is 3.44. The van der Waals surface area contributed by atoms with Gasteiger partial charge in [0.25, 0.3) is 0 Å². The van der Waals surface area contributed by atoms with Crippen LogP contribution in [0.5, 0.6) is 0 Å². The molecule has 2 aromatic rings. The summed E-state index contributed by atoms with van der Waals surface area (Å²) >= 11 is 1.76. The molecule has 1 atom stereocenters. The number of carbonyl (C=O) groups excluding carboxylic acids is 1. The molecule has 2 N–H and O–H groups in total. The van der Waals surface area contributed by atoms with Crippen molar-refractivity contribution in [2.24, 2.45) is 0 Å². The van der Waals surface area contributed by atoms with E-state index in [0.717, 1.165) is 46.6 Å². The van der Waals surface area contributed by atoms with Crippen molar-refractivity contribution < 1.29 is 4.79 Å². The van der Waals surface area contributed by atoms with Crippen molar-refractivity contribution in [3.63, 3.8) is 0 Å². The quantitative estimate of drug-likeness (QED) is 0.368. The first kappa shape index (κ1) is 26.0. The molecule has 1 fully saturated rings. The highest BCUT2D eigenvalue weighted by Gasteiger charge is 2.30. The van der Waals surface area contributed by atoms with Gasteiger partial charge in [-0.05, 0) is 78.2 Å². The second-order valence-electron chi connectivity index (χ2n) is 9.63. The fraction of sp³-hybridized carbons (Fsp3) is 0.312. The van der Waals surface area contributed by atoms with Crippen LogP contribution >= 0.6 is 11.8 Å². The van der Waals surface area contributed by atoms with Gasteiger partial charge in [-0.1, -0.05) is 79.7 Å². The van der Waals surface area contributed by atoms with Crippen molar-refractivity contribution in [3.8, 4) is 0 Å². The molecule has 1 unspecified atom stereocenters. The van der Waals surface area contributed by atoms with E-state index in [0.29, 0.717) is 18.7 Å². The number of thioether (sulfide) groups is 1. The Morgan fingerprint density at radius 3 is 2.44 bits per heavy atom. The van der Waals surface area contributed by atoms with Crippen molar-refractivity contribution >= 4 is 23.4 Å². The minimum Gasteiger partial charge on any atom is -0.349 e. The van der Waals surface area contributed by atoms with Crippen molar-refractivity contribution in [2.45, 2.75) is 58.1 Å². The lowest BCUT2D eigenvalue weighted by atomic mass is 9.75. The SMILES string of the molecule is CCc1ccc(C2CC(=N)C(=C(/C)SCc3ccccc3)/C(=C(\C)C(=O)NCC3=CC=CC3)C2)cc1. The summed E-state index contributed by atoms with van der Waals surface area (Å²) in [6.07, 6.45) is 9.61. The summed E-state index contributed by atoms with van der Waals surface area (Å²) in [5, 5.41) is 12.2. The van der Waals surface area contributed by atoms with E-state index < -0.39 is 0 Å². The molecule has 0 saturated heterocycles. The average molecular weight is 497 g/mol. The van der Waals surface area contributed by atoms with Gasteiger partial charge in [0.15, 0.2) is 0 Å². The number of rotatable bonds is 8. The third kappa shape index (κ3) is 6.36. The van der Waals surface area contributed by atoms with E-state index in [1.54, 1.807) is 11.8 Å². The molecule has 0 aromatic heterocycles. The van der Waals surface area contributed by atoms with E-state index in [1.165, 1.54) is 22.3 Å². The first-order valence-electron chi connectivity index (χ1n) is 12.8. The van der Waals surface area contributed by atoms with Crippen molar-refractivity contribution in [3.05, 3.63) is 117 Å². The van der Waals surface area contributed by atoms with Gasteiger partial charge in [-0.3, -0.25) is 4.79 Å². The van der Waals surface area contributed by atoms with Crippen LogP contribution in [-0.2, 0) is 17.0 Å². The molecule has 0 bridgehead atoms. The monoisotopic (exact) mass is 496 g/mol. The van der Waals surface area contributed by atoms with Gasteiger partial charge in [-0.2, -0.15) is 0 Å². The molecular formula is C32H36N2OS. The van der Waals surface area contributed by atoms with E-state index in [2.05, 4.69) is 79.8 Å². The minimum atomic E-state index is -0.0362. The lowest BCUT2D eigenvalue weighted by Crippen LogP contribution is -2.29. The normalized spacial score (nSPS) is 20.2. The third-order valence-electron chi connectivity index (χ3n) is 7.13. The number of amides is 1. The van der Waals surface area contributed by atoms with Crippen molar-refractivity contribution in [2.75, 3.05) is 6.54 Å². The largest absolute Gasteiger partial charge is 0.349 e. The molecule has 4 rings (SSSR count). The van der Waals surface area contributed by atoms with Crippen LogP contribution in [0.2, 0.25) is 0 Å². The topological polar surface area (TPSA) is 53.0 Å². The Bertz CT molecular complexity index is 1230. The first-order valence-corrected chi connectivity index (χ1v) is 13.8. The lowest BCUT2D eigenvalue weighted by Gasteiger charge is -2.30. The maximum Gasteiger partial charge on any atom is 0.247 e. The summed E-state index contributed by atoms with van der Waals surface area (Å²) in [6.45, 7) is 6.76. The third-order valence-corrected chi connectivity index (χ3v) is 8.25.